The molecule has 10 heteroatoms. The minimum absolute atomic E-state index is 0.161. The molecule has 196 valence electrons. The molecule has 9 nitrogen and oxygen atoms in total. The number of hydrogen-bond donors (Lipinski definition) is 2. The average Bonchev–Trinajstić information content (AvgIpc) is 3.21. The number of carboxylic acids is 1. The van der Waals surface area contributed by atoms with Crippen molar-refractivity contribution in [1.82, 2.24) is 15.4 Å². The van der Waals surface area contributed by atoms with Gasteiger partial charge in [-0.15, -0.1) is 0 Å². The van der Waals surface area contributed by atoms with Gasteiger partial charge in [0.25, 0.3) is 0 Å². The Kier molecular flexibility index (Phi) is 7.43. The third-order valence-corrected chi connectivity index (χ3v) is 9.43. The molecule has 2 heterocycles. The predicted octanol–water partition coefficient (Wildman–Crippen LogP) is 3.42. The van der Waals surface area contributed by atoms with Crippen molar-refractivity contribution in [2.45, 2.75) is 76.2 Å². The zero-order valence-electron chi connectivity index (χ0n) is 21.4. The zero-order valence-corrected chi connectivity index (χ0v) is 22.2. The lowest BCUT2D eigenvalue weighted by Gasteiger charge is -2.47. The molecule has 4 unspecified atom stereocenters. The van der Waals surface area contributed by atoms with Crippen LogP contribution >= 0.6 is 0 Å². The van der Waals surface area contributed by atoms with E-state index >= 15 is 0 Å². The fourth-order valence-corrected chi connectivity index (χ4v) is 7.75. The van der Waals surface area contributed by atoms with E-state index in [9.17, 15) is 18.3 Å². The van der Waals surface area contributed by atoms with Crippen LogP contribution < -0.4 is 10.1 Å². The number of hydroxylamine groups is 2. The minimum atomic E-state index is -3.78. The number of carboxylic acid groups (broad SMARTS) is 1. The Morgan fingerprint density at radius 3 is 2.42 bits per heavy atom. The highest BCUT2D eigenvalue weighted by Gasteiger charge is 2.49. The van der Waals surface area contributed by atoms with Gasteiger partial charge in [0.1, 0.15) is 11.9 Å². The third kappa shape index (κ3) is 5.27. The van der Waals surface area contributed by atoms with Crippen LogP contribution in [0, 0.1) is 19.3 Å². The monoisotopic (exact) mass is 517 g/mol. The number of sulfone groups is 1. The van der Waals surface area contributed by atoms with Gasteiger partial charge in [-0.25, -0.2) is 13.2 Å². The Bertz CT molecular complexity index is 1190. The van der Waals surface area contributed by atoms with E-state index in [1.807, 2.05) is 12.1 Å². The third-order valence-electron chi connectivity index (χ3n) is 7.41. The highest BCUT2D eigenvalue weighted by molar-refractivity contribution is 7.91. The first-order chi connectivity index (χ1) is 16.9. The number of rotatable bonds is 7. The average molecular weight is 518 g/mol. The Balaban J connectivity index is 1.60. The smallest absolute Gasteiger partial charge is 0.350 e. The van der Waals surface area contributed by atoms with Crippen LogP contribution in [0.2, 0.25) is 0 Å². The topological polar surface area (TPSA) is 118 Å². The summed E-state index contributed by atoms with van der Waals surface area (Å²) < 4.78 is 32.5. The zero-order chi connectivity index (χ0) is 26.3. The quantitative estimate of drug-likeness (QED) is 0.569. The van der Waals surface area contributed by atoms with Crippen LogP contribution in [-0.4, -0.2) is 60.8 Å². The molecule has 2 aliphatic rings. The van der Waals surface area contributed by atoms with E-state index in [0.29, 0.717) is 22.8 Å². The van der Waals surface area contributed by atoms with Crippen LogP contribution in [0.25, 0.3) is 0 Å². The lowest BCUT2D eigenvalue weighted by Crippen LogP contribution is -2.53. The van der Waals surface area contributed by atoms with E-state index in [1.165, 1.54) is 12.7 Å². The highest BCUT2D eigenvalue weighted by Crippen LogP contribution is 2.47. The Labute approximate surface area is 212 Å². The number of methoxy groups -OCH3 is 1. The maximum Gasteiger partial charge on any atom is 0.350 e. The molecule has 1 saturated carbocycles. The Morgan fingerprint density at radius 1 is 1.22 bits per heavy atom. The van der Waals surface area contributed by atoms with Crippen LogP contribution in [0.5, 0.6) is 5.75 Å². The van der Waals surface area contributed by atoms with Gasteiger partial charge in [-0.2, -0.15) is 5.06 Å². The number of aryl methyl sites for hydroxylation is 2. The molecule has 4 atom stereocenters. The lowest BCUT2D eigenvalue weighted by atomic mass is 9.67. The molecular formula is C26H35N3O6S. The number of benzene rings is 1. The summed E-state index contributed by atoms with van der Waals surface area (Å²) in [5.41, 5.74) is 2.15. The number of ether oxygens (including phenoxy) is 1. The number of nitrogens with one attached hydrogen (secondary N) is 1. The van der Waals surface area contributed by atoms with Crippen LogP contribution in [-0.2, 0) is 19.5 Å². The van der Waals surface area contributed by atoms with Crippen LogP contribution in [0.15, 0.2) is 41.6 Å². The van der Waals surface area contributed by atoms with Gasteiger partial charge in [-0.05, 0) is 85.4 Å². The normalized spacial score (nSPS) is 26.6. The van der Waals surface area contributed by atoms with Gasteiger partial charge >= 0.3 is 5.97 Å². The van der Waals surface area contributed by atoms with Gasteiger partial charge in [-0.1, -0.05) is 13.8 Å². The minimum Gasteiger partial charge on any atom is -0.497 e. The summed E-state index contributed by atoms with van der Waals surface area (Å²) in [6, 6.07) is 7.29. The fraction of sp³-hybridized carbons (Fsp3) is 0.538. The maximum atomic E-state index is 13.6. The van der Waals surface area contributed by atoms with Crippen molar-refractivity contribution in [1.29, 1.82) is 0 Å². The van der Waals surface area contributed by atoms with Crippen molar-refractivity contribution in [3.05, 3.63) is 53.3 Å². The van der Waals surface area contributed by atoms with E-state index in [0.717, 1.165) is 19.3 Å². The number of pyridine rings is 1. The summed E-state index contributed by atoms with van der Waals surface area (Å²) in [5, 5.41) is 14.1. The number of carbonyl (C=O) groups is 1. The molecule has 1 aliphatic heterocycles. The first-order valence-electron chi connectivity index (χ1n) is 12.1. The molecule has 1 aromatic carbocycles. The van der Waals surface area contributed by atoms with Crippen LogP contribution in [0.4, 0.5) is 0 Å². The number of nitrogens with zero attached hydrogens (tertiary/aromatic N) is 2. The lowest BCUT2D eigenvalue weighted by molar-refractivity contribution is -0.220. The molecule has 2 fully saturated rings. The first kappa shape index (κ1) is 26.5. The first-order valence-corrected chi connectivity index (χ1v) is 13.8. The van der Waals surface area contributed by atoms with E-state index in [-0.39, 0.29) is 22.1 Å². The van der Waals surface area contributed by atoms with E-state index in [2.05, 4.69) is 24.1 Å². The molecule has 1 aliphatic carbocycles. The van der Waals surface area contributed by atoms with Gasteiger partial charge in [0.2, 0.25) is 6.23 Å². The summed E-state index contributed by atoms with van der Waals surface area (Å²) in [4.78, 5) is 22.0. The number of aliphatic carboxylic acids is 1. The van der Waals surface area contributed by atoms with Crippen LogP contribution in [0.3, 0.4) is 0 Å². The van der Waals surface area contributed by atoms with Crippen molar-refractivity contribution < 1.29 is 27.9 Å². The second kappa shape index (κ2) is 10.1. The molecule has 1 saturated heterocycles. The molecule has 0 bridgehead atoms. The van der Waals surface area contributed by atoms with E-state index < -0.39 is 28.2 Å². The Hall–Kier alpha value is -2.53. The van der Waals surface area contributed by atoms with E-state index in [4.69, 9.17) is 9.57 Å². The standard InChI is InChI=1S/C26H35N3O6S/c1-16-12-20(34-5)13-17(2)23(16)36(32,33)15-22-28-24(25(30)31)35-29(22)21-7-6-19(14-26(21,3)4)18-8-10-27-11-9-18/h8-13,19,21-22,24,28H,6-7,14-15H2,1-5H3,(H,30,31). The van der Waals surface area contributed by atoms with Crippen LogP contribution in [0.1, 0.15) is 55.7 Å². The van der Waals surface area contributed by atoms with E-state index in [1.54, 1.807) is 43.4 Å². The second-order valence-corrected chi connectivity index (χ2v) is 12.5. The number of hydrogen-bond acceptors (Lipinski definition) is 8. The molecule has 4 rings (SSSR count). The Morgan fingerprint density at radius 2 is 1.86 bits per heavy atom. The maximum absolute atomic E-state index is 13.6. The molecule has 1 aromatic heterocycles. The molecule has 0 amide bonds. The molecule has 36 heavy (non-hydrogen) atoms. The van der Waals surface area contributed by atoms with Gasteiger partial charge in [-0.3, -0.25) is 15.1 Å². The van der Waals surface area contributed by atoms with Gasteiger partial charge < -0.3 is 9.84 Å². The summed E-state index contributed by atoms with van der Waals surface area (Å²) in [7, 11) is -2.24. The van der Waals surface area contributed by atoms with Gasteiger partial charge in [0, 0.05) is 18.4 Å². The van der Waals surface area contributed by atoms with Crippen molar-refractivity contribution in [3.63, 3.8) is 0 Å². The molecule has 2 aromatic rings. The second-order valence-electron chi connectivity index (χ2n) is 10.5. The summed E-state index contributed by atoms with van der Waals surface area (Å²) in [6.45, 7) is 7.74. The highest BCUT2D eigenvalue weighted by atomic mass is 32.2. The predicted molar refractivity (Wildman–Crippen MR) is 134 cm³/mol. The summed E-state index contributed by atoms with van der Waals surface area (Å²) in [6.07, 6.45) is 3.95. The molecule has 2 N–H and O–H groups in total. The van der Waals surface area contributed by atoms with Crippen molar-refractivity contribution >= 4 is 15.8 Å². The molecule has 0 radical (unpaired) electrons. The molecule has 0 spiro atoms. The largest absolute Gasteiger partial charge is 0.497 e. The molecular weight excluding hydrogens is 482 g/mol. The number of aromatic nitrogens is 1. The van der Waals surface area contributed by atoms with Gasteiger partial charge in [0.15, 0.2) is 9.84 Å². The summed E-state index contributed by atoms with van der Waals surface area (Å²) >= 11 is 0. The SMILES string of the molecule is COc1cc(C)c(S(=O)(=O)CC2NC(C(=O)O)ON2C2CCC(c3ccncc3)CC2(C)C)c(C)c1. The fourth-order valence-electron chi connectivity index (χ4n) is 5.83. The van der Waals surface area contributed by atoms with Crippen molar-refractivity contribution in [2.75, 3.05) is 12.9 Å². The van der Waals surface area contributed by atoms with Gasteiger partial charge in [0.05, 0.1) is 17.8 Å². The van der Waals surface area contributed by atoms with Crippen molar-refractivity contribution in [3.8, 4) is 5.75 Å². The summed E-state index contributed by atoms with van der Waals surface area (Å²) in [5.74, 6) is -0.561. The van der Waals surface area contributed by atoms with Crippen molar-refractivity contribution in [2.24, 2.45) is 5.41 Å².